The van der Waals surface area contributed by atoms with E-state index in [0.717, 1.165) is 37.0 Å². The highest BCUT2D eigenvalue weighted by Crippen LogP contribution is 2.64. The summed E-state index contributed by atoms with van der Waals surface area (Å²) in [4.78, 5) is 6.86. The van der Waals surface area contributed by atoms with E-state index >= 15 is 0 Å². The first-order valence-electron chi connectivity index (χ1n) is 25.2. The first-order chi connectivity index (χ1) is 35.1. The van der Waals surface area contributed by atoms with Crippen molar-refractivity contribution in [3.8, 4) is 0 Å². The zero-order chi connectivity index (χ0) is 51.0. The van der Waals surface area contributed by atoms with Crippen LogP contribution in [0.2, 0.25) is 0 Å². The average Bonchev–Trinajstić information content (AvgIpc) is 3.76. The van der Waals surface area contributed by atoms with Crippen LogP contribution in [0.15, 0.2) is 246 Å². The predicted octanol–water partition coefficient (Wildman–Crippen LogP) is 17.5. The molecular formula is C67H74N4. The van der Waals surface area contributed by atoms with Gasteiger partial charge in [0, 0.05) is 18.4 Å². The minimum absolute atomic E-state index is 0.216. The number of aliphatic imine (C=N–C) groups is 1. The Hall–Kier alpha value is -7.66. The second kappa shape index (κ2) is 28.1. The van der Waals surface area contributed by atoms with E-state index in [4.69, 9.17) is 5.41 Å². The Labute approximate surface area is 426 Å². The van der Waals surface area contributed by atoms with Crippen LogP contribution in [-0.2, 0) is 5.41 Å². The van der Waals surface area contributed by atoms with Crippen molar-refractivity contribution >= 4 is 40.5 Å². The minimum atomic E-state index is -0.216. The molecule has 1 aliphatic heterocycles. The molecule has 0 aromatic heterocycles. The molecule has 4 heteroatoms. The highest BCUT2D eigenvalue weighted by molar-refractivity contribution is 6.12. The van der Waals surface area contributed by atoms with Crippen molar-refractivity contribution in [1.82, 2.24) is 0 Å². The molecule has 4 nitrogen and oxygen atoms in total. The van der Waals surface area contributed by atoms with Gasteiger partial charge in [-0.2, -0.15) is 0 Å². The predicted molar refractivity (Wildman–Crippen MR) is 311 cm³/mol. The van der Waals surface area contributed by atoms with Gasteiger partial charge in [-0.15, -0.1) is 0 Å². The van der Waals surface area contributed by atoms with E-state index < -0.39 is 0 Å². The van der Waals surface area contributed by atoms with Crippen LogP contribution < -0.4 is 10.6 Å². The van der Waals surface area contributed by atoms with Crippen molar-refractivity contribution in [3.05, 3.63) is 280 Å². The molecular weight excluding hydrogens is 861 g/mol. The van der Waals surface area contributed by atoms with Crippen molar-refractivity contribution in [1.29, 1.82) is 5.41 Å². The second-order valence-corrected chi connectivity index (χ2v) is 16.5. The highest BCUT2D eigenvalue weighted by Gasteiger charge is 2.53. The number of fused-ring (bicyclic) bond motifs is 7. The normalized spacial score (nSPS) is 15.7. The minimum Gasteiger partial charge on any atom is -0.333 e. The maximum absolute atomic E-state index is 5.50. The first-order valence-corrected chi connectivity index (χ1v) is 25.2. The second-order valence-electron chi connectivity index (χ2n) is 16.5. The lowest BCUT2D eigenvalue weighted by atomic mass is 9.60. The van der Waals surface area contributed by atoms with Crippen LogP contribution in [-0.4, -0.2) is 26.5 Å². The van der Waals surface area contributed by atoms with E-state index in [0.29, 0.717) is 0 Å². The van der Waals surface area contributed by atoms with Crippen molar-refractivity contribution in [3.63, 3.8) is 0 Å². The molecule has 1 unspecified atom stereocenters. The summed E-state index contributed by atoms with van der Waals surface area (Å²) >= 11 is 0. The Bertz CT molecular complexity index is 2910. The van der Waals surface area contributed by atoms with Crippen LogP contribution in [0.5, 0.6) is 0 Å². The quantitative estimate of drug-likeness (QED) is 0.169. The summed E-state index contributed by atoms with van der Waals surface area (Å²) in [6, 6.07) is 71.1. The van der Waals surface area contributed by atoms with Crippen molar-refractivity contribution in [2.24, 2.45) is 10.7 Å². The third kappa shape index (κ3) is 12.2. The number of hydrogen-bond acceptors (Lipinski definition) is 4. The number of aryl methyl sites for hydroxylation is 1. The third-order valence-corrected chi connectivity index (χ3v) is 12.7. The molecule has 1 spiro atoms. The van der Waals surface area contributed by atoms with Gasteiger partial charge in [0.25, 0.3) is 0 Å². The van der Waals surface area contributed by atoms with Crippen LogP contribution >= 0.6 is 0 Å². The van der Waals surface area contributed by atoms with Gasteiger partial charge >= 0.3 is 0 Å². The lowest BCUT2D eigenvalue weighted by molar-refractivity contribution is 0.624. The van der Waals surface area contributed by atoms with Crippen molar-refractivity contribution < 1.29 is 0 Å². The molecule has 1 heterocycles. The average molecular weight is 935 g/mol. The van der Waals surface area contributed by atoms with Gasteiger partial charge in [-0.1, -0.05) is 227 Å². The van der Waals surface area contributed by atoms with Gasteiger partial charge in [-0.25, -0.2) is 0 Å². The Morgan fingerprint density at radius 3 is 1.68 bits per heavy atom. The summed E-state index contributed by atoms with van der Waals surface area (Å²) in [6.07, 6.45) is 13.7. The summed E-state index contributed by atoms with van der Waals surface area (Å²) in [7, 11) is 3.33. The summed E-state index contributed by atoms with van der Waals surface area (Å²) in [6.45, 7) is 14.7. The number of nitrogens with one attached hydrogen (secondary N) is 1. The molecule has 0 saturated heterocycles. The summed E-state index contributed by atoms with van der Waals surface area (Å²) in [5.41, 5.74) is 25.7. The zero-order valence-corrected chi connectivity index (χ0v) is 43.4. The largest absolute Gasteiger partial charge is 0.333 e. The molecule has 3 aliphatic carbocycles. The molecule has 1 atom stereocenters. The molecule has 3 N–H and O–H groups in total. The molecule has 71 heavy (non-hydrogen) atoms. The molecule has 0 bridgehead atoms. The third-order valence-electron chi connectivity index (χ3n) is 12.7. The Balaban J connectivity index is 0.000000236. The van der Waals surface area contributed by atoms with E-state index in [1.54, 1.807) is 11.1 Å². The smallest absolute Gasteiger partial charge is 0.0680 e. The van der Waals surface area contributed by atoms with Gasteiger partial charge < -0.3 is 16.0 Å². The van der Waals surface area contributed by atoms with Crippen LogP contribution in [0.1, 0.15) is 99.2 Å². The number of allylic oxidation sites excluding steroid dienone is 9. The fraction of sp³-hybridized carbons (Fsp3) is 0.194. The molecule has 7 aromatic rings. The molecule has 0 amide bonds. The fourth-order valence-electron chi connectivity index (χ4n) is 9.88. The maximum atomic E-state index is 5.50. The van der Waals surface area contributed by atoms with Gasteiger partial charge in [-0.3, -0.25) is 4.99 Å². The van der Waals surface area contributed by atoms with Crippen molar-refractivity contribution in [2.75, 3.05) is 19.0 Å². The van der Waals surface area contributed by atoms with Crippen LogP contribution in [0.4, 0.5) is 11.4 Å². The molecule has 0 saturated carbocycles. The molecule has 11 rings (SSSR count). The Morgan fingerprint density at radius 1 is 0.592 bits per heavy atom. The van der Waals surface area contributed by atoms with E-state index in [-0.39, 0.29) is 5.41 Å². The number of nitrogens with zero attached hydrogens (tertiary/aromatic N) is 2. The molecule has 4 aliphatic rings. The Kier molecular flexibility index (Phi) is 21.5. The molecule has 362 valence electrons. The summed E-state index contributed by atoms with van der Waals surface area (Å²) < 4.78 is 0. The van der Waals surface area contributed by atoms with Crippen molar-refractivity contribution in [2.45, 2.75) is 72.6 Å². The van der Waals surface area contributed by atoms with Gasteiger partial charge in [0.1, 0.15) is 0 Å². The summed E-state index contributed by atoms with van der Waals surface area (Å²) in [5, 5.41) is 5.50. The number of benzene rings is 7. The van der Waals surface area contributed by atoms with E-state index in [1.807, 2.05) is 77.2 Å². The zero-order valence-electron chi connectivity index (χ0n) is 43.4. The van der Waals surface area contributed by atoms with E-state index in [1.165, 1.54) is 74.2 Å². The van der Waals surface area contributed by atoms with Gasteiger partial charge in [0.2, 0.25) is 0 Å². The number of nitrogens with two attached hydrogens (primary N) is 1. The standard InChI is InChI=1S/C37H29N.C17H17N.C7H8.2C2H6.CH5N.CH3N/c1-3-13-26(14-4-1)27-23-24-32-30(25-27)29-17-7-8-18-31(29)37(32)33-19-9-11-21-35(33)38(28-15-5-2-6-16-28)36-22-12-10-20-34(36)37;1-14(15-9-5-3-6-10-15)13-17(18-2)16-11-7-4-8-12-16;1-7-5-3-2-4-6-7;4*1-2/h1-9,11-19,21-22,25H,10,20,23-24H2;3-13H,1-2H3;2-6H,1H3;2*1-2H3;2H2,1H3;2H,1H2/b;14-13+,18-17?;;;;;. The first kappa shape index (κ1) is 54.3. The van der Waals surface area contributed by atoms with Crippen LogP contribution in [0.3, 0.4) is 0 Å². The highest BCUT2D eigenvalue weighted by atomic mass is 15.2. The van der Waals surface area contributed by atoms with Gasteiger partial charge in [-0.05, 0) is 145 Å². The van der Waals surface area contributed by atoms with Gasteiger partial charge in [0.05, 0.1) is 16.8 Å². The number of para-hydroxylation sites is 2. The molecule has 0 fully saturated rings. The molecule has 7 aromatic carbocycles. The topological polar surface area (TPSA) is 65.5 Å². The number of hydrogen-bond donors (Lipinski definition) is 2. The maximum Gasteiger partial charge on any atom is 0.0680 e. The SMILES string of the molecule is C1=CC2=C(CC1)C1(C3=C(C=C(c4ccccc4)CC3)c3ccccc31)c1ccccc1N2c1ccccc1.C=N.CC.CC.CN.CN=C(/C=C(\C)c1ccccc1)c1ccccc1.Cc1ccccc1. The molecule has 0 radical (unpaired) electrons. The Morgan fingerprint density at radius 2 is 1.10 bits per heavy atom. The van der Waals surface area contributed by atoms with E-state index in [2.05, 4.69) is 218 Å². The monoisotopic (exact) mass is 935 g/mol. The van der Waals surface area contributed by atoms with Gasteiger partial charge in [0.15, 0.2) is 0 Å². The van der Waals surface area contributed by atoms with Crippen LogP contribution in [0.25, 0.3) is 16.7 Å². The lowest BCUT2D eigenvalue weighted by Crippen LogP contribution is -2.40. The van der Waals surface area contributed by atoms with E-state index in [9.17, 15) is 0 Å². The lowest BCUT2D eigenvalue weighted by Gasteiger charge is -2.48. The summed E-state index contributed by atoms with van der Waals surface area (Å²) in [5.74, 6) is 0. The fourth-order valence-corrected chi connectivity index (χ4v) is 9.88. The van der Waals surface area contributed by atoms with Crippen LogP contribution in [0, 0.1) is 12.3 Å². The number of anilines is 2. The number of rotatable bonds is 5.